The van der Waals surface area contributed by atoms with Gasteiger partial charge in [0.1, 0.15) is 11.6 Å². The van der Waals surface area contributed by atoms with E-state index in [0.717, 1.165) is 44.1 Å². The molecule has 0 aliphatic carbocycles. The van der Waals surface area contributed by atoms with E-state index in [0.29, 0.717) is 16.2 Å². The number of nitrogens with zero attached hydrogens (tertiary/aromatic N) is 2. The summed E-state index contributed by atoms with van der Waals surface area (Å²) in [6.07, 6.45) is -1.66. The minimum Gasteiger partial charge on any atom is -0.495 e. The van der Waals surface area contributed by atoms with Crippen molar-refractivity contribution in [3.63, 3.8) is 0 Å². The van der Waals surface area contributed by atoms with Crippen molar-refractivity contribution >= 4 is 27.6 Å². The second kappa shape index (κ2) is 8.08. The molecular weight excluding hydrogens is 403 g/mol. The lowest BCUT2D eigenvalue weighted by Gasteiger charge is -2.30. The third-order valence-corrected chi connectivity index (χ3v) is 6.30. The SMILES string of the molecule is COc1ccc(S(=O)n2cc(C(F)F)c3cc(F)ccc32)cc1N1CCNCC1. The number of anilines is 1. The van der Waals surface area contributed by atoms with Crippen LogP contribution < -0.4 is 15.0 Å². The van der Waals surface area contributed by atoms with Crippen LogP contribution >= 0.6 is 0 Å². The number of hydrogen-bond acceptors (Lipinski definition) is 4. The topological polar surface area (TPSA) is 46.5 Å². The summed E-state index contributed by atoms with van der Waals surface area (Å²) in [5.41, 5.74) is 0.750. The summed E-state index contributed by atoms with van der Waals surface area (Å²) in [4.78, 5) is 2.57. The molecule has 2 heterocycles. The van der Waals surface area contributed by atoms with Gasteiger partial charge in [0.2, 0.25) is 0 Å². The Morgan fingerprint density at radius 3 is 2.59 bits per heavy atom. The highest BCUT2D eigenvalue weighted by Crippen LogP contribution is 2.34. The van der Waals surface area contributed by atoms with Crippen molar-refractivity contribution in [3.05, 3.63) is 54.0 Å². The molecule has 0 spiro atoms. The van der Waals surface area contributed by atoms with E-state index in [-0.39, 0.29) is 10.9 Å². The van der Waals surface area contributed by atoms with Crippen LogP contribution in [0.25, 0.3) is 10.9 Å². The second-order valence-corrected chi connectivity index (χ2v) is 8.06. The lowest BCUT2D eigenvalue weighted by Crippen LogP contribution is -2.43. The van der Waals surface area contributed by atoms with Crippen LogP contribution in [0.2, 0.25) is 0 Å². The Morgan fingerprint density at radius 2 is 1.90 bits per heavy atom. The maximum Gasteiger partial charge on any atom is 0.265 e. The highest BCUT2D eigenvalue weighted by molar-refractivity contribution is 7.83. The molecule has 1 aliphatic heterocycles. The van der Waals surface area contributed by atoms with Gasteiger partial charge in [-0.2, -0.15) is 0 Å². The van der Waals surface area contributed by atoms with Crippen LogP contribution in [0.3, 0.4) is 0 Å². The van der Waals surface area contributed by atoms with Crippen molar-refractivity contribution in [1.29, 1.82) is 0 Å². The number of alkyl halides is 2. The number of rotatable bonds is 5. The molecule has 9 heteroatoms. The summed E-state index contributed by atoms with van der Waals surface area (Å²) in [5, 5.41) is 3.33. The minimum atomic E-state index is -2.80. The average Bonchev–Trinajstić information content (AvgIpc) is 3.12. The first-order chi connectivity index (χ1) is 14.0. The number of aromatic nitrogens is 1. The van der Waals surface area contributed by atoms with Gasteiger partial charge in [0.15, 0.2) is 11.0 Å². The Balaban J connectivity index is 1.79. The number of halogens is 3. The number of nitrogens with one attached hydrogen (secondary N) is 1. The van der Waals surface area contributed by atoms with Gasteiger partial charge in [-0.25, -0.2) is 17.4 Å². The maximum absolute atomic E-state index is 13.6. The highest BCUT2D eigenvalue weighted by Gasteiger charge is 2.22. The van der Waals surface area contributed by atoms with Crippen molar-refractivity contribution in [2.75, 3.05) is 38.2 Å². The maximum atomic E-state index is 13.6. The van der Waals surface area contributed by atoms with Crippen LogP contribution in [0.5, 0.6) is 5.75 Å². The molecule has 29 heavy (non-hydrogen) atoms. The Kier molecular flexibility index (Phi) is 5.51. The Labute approximate surface area is 168 Å². The Morgan fingerprint density at radius 1 is 1.14 bits per heavy atom. The standard InChI is InChI=1S/C20H20F3N3O2S/c1-28-19-5-3-14(11-18(19)25-8-6-24-7-9-25)29(27)26-12-16(20(22)23)15-10-13(21)2-4-17(15)26/h2-5,10-12,20,24H,6-9H2,1H3. The van der Waals surface area contributed by atoms with Gasteiger partial charge in [-0.05, 0) is 36.4 Å². The molecule has 1 saturated heterocycles. The highest BCUT2D eigenvalue weighted by atomic mass is 32.2. The number of piperazine rings is 1. The molecule has 5 nitrogen and oxygen atoms in total. The fourth-order valence-corrected chi connectivity index (χ4v) is 4.72. The molecule has 0 amide bonds. The third-order valence-electron chi connectivity index (χ3n) is 4.99. The number of fused-ring (bicyclic) bond motifs is 1. The molecule has 4 rings (SSSR count). The predicted molar refractivity (Wildman–Crippen MR) is 107 cm³/mol. The normalized spacial score (nSPS) is 15.8. The third kappa shape index (κ3) is 3.72. The summed E-state index contributed by atoms with van der Waals surface area (Å²) in [5.74, 6) is 0.0359. The fraction of sp³-hybridized carbons (Fsp3) is 0.300. The van der Waals surface area contributed by atoms with Crippen LogP contribution in [-0.2, 0) is 11.0 Å². The van der Waals surface area contributed by atoms with Crippen LogP contribution in [0.4, 0.5) is 18.9 Å². The van der Waals surface area contributed by atoms with Gasteiger partial charge >= 0.3 is 0 Å². The van der Waals surface area contributed by atoms with E-state index < -0.39 is 23.2 Å². The Bertz CT molecular complexity index is 1060. The van der Waals surface area contributed by atoms with E-state index in [1.54, 1.807) is 25.3 Å². The van der Waals surface area contributed by atoms with Crippen molar-refractivity contribution in [3.8, 4) is 5.75 Å². The van der Waals surface area contributed by atoms with Crippen LogP contribution in [0.15, 0.2) is 47.5 Å². The Hall–Kier alpha value is -2.52. The van der Waals surface area contributed by atoms with Gasteiger partial charge in [-0.1, -0.05) is 0 Å². The summed E-state index contributed by atoms with van der Waals surface area (Å²) in [6.45, 7) is 3.19. The lowest BCUT2D eigenvalue weighted by molar-refractivity contribution is 0.153. The quantitative estimate of drug-likeness (QED) is 0.680. The molecule has 0 radical (unpaired) electrons. The zero-order valence-electron chi connectivity index (χ0n) is 15.7. The molecule has 1 aliphatic rings. The molecule has 1 N–H and O–H groups in total. The number of methoxy groups -OCH3 is 1. The van der Waals surface area contributed by atoms with Gasteiger partial charge in [-0.15, -0.1) is 0 Å². The first-order valence-electron chi connectivity index (χ1n) is 9.14. The van der Waals surface area contributed by atoms with E-state index in [1.807, 2.05) is 0 Å². The van der Waals surface area contributed by atoms with Crippen molar-refractivity contribution in [2.24, 2.45) is 0 Å². The monoisotopic (exact) mass is 423 g/mol. The first kappa shape index (κ1) is 19.8. The molecule has 2 aromatic carbocycles. The van der Waals surface area contributed by atoms with Gasteiger partial charge in [0.25, 0.3) is 6.43 Å². The number of benzene rings is 2. The van der Waals surface area contributed by atoms with Crippen LogP contribution in [0, 0.1) is 5.82 Å². The largest absolute Gasteiger partial charge is 0.495 e. The summed E-state index contributed by atoms with van der Waals surface area (Å²) in [6, 6.07) is 8.73. The summed E-state index contributed by atoms with van der Waals surface area (Å²) >= 11 is 0. The average molecular weight is 423 g/mol. The van der Waals surface area contributed by atoms with Gasteiger partial charge < -0.3 is 15.0 Å². The van der Waals surface area contributed by atoms with E-state index in [2.05, 4.69) is 10.2 Å². The number of ether oxygens (including phenoxy) is 1. The zero-order valence-corrected chi connectivity index (χ0v) is 16.5. The lowest BCUT2D eigenvalue weighted by atomic mass is 10.2. The molecule has 0 saturated carbocycles. The van der Waals surface area contributed by atoms with E-state index in [1.165, 1.54) is 16.1 Å². The smallest absolute Gasteiger partial charge is 0.265 e. The minimum absolute atomic E-state index is 0.0594. The van der Waals surface area contributed by atoms with E-state index in [4.69, 9.17) is 4.74 Å². The first-order valence-corrected chi connectivity index (χ1v) is 10.2. The molecule has 3 aromatic rings. The van der Waals surface area contributed by atoms with E-state index >= 15 is 0 Å². The second-order valence-electron chi connectivity index (χ2n) is 6.69. The van der Waals surface area contributed by atoms with Crippen molar-refractivity contribution in [2.45, 2.75) is 11.3 Å². The number of hydrogen-bond donors (Lipinski definition) is 1. The molecule has 1 fully saturated rings. The molecule has 154 valence electrons. The summed E-state index contributed by atoms with van der Waals surface area (Å²) in [7, 11) is -0.216. The molecule has 1 aromatic heterocycles. The molecule has 1 unspecified atom stereocenters. The predicted octanol–water partition coefficient (Wildman–Crippen LogP) is 3.71. The zero-order chi connectivity index (χ0) is 20.5. The van der Waals surface area contributed by atoms with E-state index in [9.17, 15) is 17.4 Å². The van der Waals surface area contributed by atoms with Gasteiger partial charge in [0.05, 0.1) is 23.2 Å². The molecular formula is C20H20F3N3O2S. The fourth-order valence-electron chi connectivity index (χ4n) is 3.55. The van der Waals surface area contributed by atoms with Crippen molar-refractivity contribution < 1.29 is 22.1 Å². The van der Waals surface area contributed by atoms with Gasteiger partial charge in [0, 0.05) is 43.3 Å². The van der Waals surface area contributed by atoms with Crippen LogP contribution in [0.1, 0.15) is 12.0 Å². The van der Waals surface area contributed by atoms with Crippen molar-refractivity contribution in [1.82, 2.24) is 9.29 Å². The van der Waals surface area contributed by atoms with Gasteiger partial charge in [-0.3, -0.25) is 3.97 Å². The summed E-state index contributed by atoms with van der Waals surface area (Å²) < 4.78 is 60.5. The molecule has 0 bridgehead atoms. The van der Waals surface area contributed by atoms with Crippen LogP contribution in [-0.4, -0.2) is 41.5 Å². The molecule has 1 atom stereocenters.